The van der Waals surface area contributed by atoms with Crippen LogP contribution >= 0.6 is 0 Å². The van der Waals surface area contributed by atoms with E-state index in [9.17, 15) is 4.79 Å². The number of morpholine rings is 1. The molecule has 1 amide bonds. The van der Waals surface area contributed by atoms with Crippen molar-refractivity contribution in [3.63, 3.8) is 0 Å². The van der Waals surface area contributed by atoms with Gasteiger partial charge < -0.3 is 15.4 Å². The highest BCUT2D eigenvalue weighted by Gasteiger charge is 2.28. The van der Waals surface area contributed by atoms with Gasteiger partial charge in [0.2, 0.25) is 5.91 Å². The maximum Gasteiger partial charge on any atom is 0.247 e. The highest BCUT2D eigenvalue weighted by atomic mass is 16.5. The number of nitrogens with zero attached hydrogens (tertiary/aromatic N) is 2. The first-order valence-corrected chi connectivity index (χ1v) is 6.46. The van der Waals surface area contributed by atoms with E-state index in [1.165, 1.54) is 0 Å². The van der Waals surface area contributed by atoms with E-state index in [0.717, 1.165) is 32.7 Å². The van der Waals surface area contributed by atoms with Gasteiger partial charge >= 0.3 is 0 Å². The molecule has 2 atom stereocenters. The van der Waals surface area contributed by atoms with Gasteiger partial charge in [-0.15, -0.1) is 0 Å². The lowest BCUT2D eigenvalue weighted by molar-refractivity contribution is -0.142. The Morgan fingerprint density at radius 2 is 2.06 bits per heavy atom. The molecule has 0 bridgehead atoms. The summed E-state index contributed by atoms with van der Waals surface area (Å²) in [6, 6.07) is 0. The van der Waals surface area contributed by atoms with E-state index in [1.807, 2.05) is 6.92 Å². The van der Waals surface area contributed by atoms with Gasteiger partial charge in [0.15, 0.2) is 0 Å². The van der Waals surface area contributed by atoms with Crippen LogP contribution in [0.25, 0.3) is 0 Å². The first-order chi connectivity index (χ1) is 8.06. The largest absolute Gasteiger partial charge is 0.367 e. The number of rotatable bonds is 6. The Hall–Kier alpha value is -0.650. The minimum atomic E-state index is -0.449. The van der Waals surface area contributed by atoms with Crippen molar-refractivity contribution in [2.75, 3.05) is 39.3 Å². The van der Waals surface area contributed by atoms with Crippen molar-refractivity contribution >= 4 is 5.91 Å². The predicted octanol–water partition coefficient (Wildman–Crippen LogP) is -0.0972. The molecule has 1 fully saturated rings. The molecule has 1 aliphatic heterocycles. The fourth-order valence-electron chi connectivity index (χ4n) is 2.20. The number of ether oxygens (including phenoxy) is 1. The number of nitrogens with two attached hydrogens (primary N) is 1. The average molecular weight is 243 g/mol. The van der Waals surface area contributed by atoms with Gasteiger partial charge in [-0.2, -0.15) is 0 Å². The predicted molar refractivity (Wildman–Crippen MR) is 67.8 cm³/mol. The van der Waals surface area contributed by atoms with Crippen molar-refractivity contribution in [3.05, 3.63) is 0 Å². The summed E-state index contributed by atoms with van der Waals surface area (Å²) in [5.74, 6) is -0.357. The fourth-order valence-corrected chi connectivity index (χ4v) is 2.20. The molecule has 0 aliphatic carbocycles. The van der Waals surface area contributed by atoms with Gasteiger partial charge in [-0.1, -0.05) is 13.8 Å². The molecule has 100 valence electrons. The van der Waals surface area contributed by atoms with Crippen LogP contribution in [0.1, 0.15) is 20.8 Å². The second-order valence-corrected chi connectivity index (χ2v) is 4.62. The molecule has 1 saturated heterocycles. The van der Waals surface area contributed by atoms with Crippen molar-refractivity contribution in [3.8, 4) is 0 Å². The molecule has 0 radical (unpaired) electrons. The smallest absolute Gasteiger partial charge is 0.247 e. The van der Waals surface area contributed by atoms with Crippen LogP contribution in [0, 0.1) is 0 Å². The van der Waals surface area contributed by atoms with Crippen molar-refractivity contribution < 1.29 is 9.53 Å². The molecule has 0 aromatic carbocycles. The number of primary amides is 1. The van der Waals surface area contributed by atoms with Crippen LogP contribution in [0.4, 0.5) is 0 Å². The number of hydrogen-bond acceptors (Lipinski definition) is 4. The van der Waals surface area contributed by atoms with Gasteiger partial charge in [0.25, 0.3) is 0 Å². The number of carbonyl (C=O) groups is 1. The topological polar surface area (TPSA) is 58.8 Å². The molecular formula is C12H25N3O2. The number of hydrogen-bond donors (Lipinski definition) is 1. The second kappa shape index (κ2) is 6.93. The minimum absolute atomic E-state index is 0.0814. The number of carbonyl (C=O) groups excluding carboxylic acids is 1. The summed E-state index contributed by atoms with van der Waals surface area (Å²) in [6.45, 7) is 12.0. The fraction of sp³-hybridized carbons (Fsp3) is 0.917. The summed E-state index contributed by atoms with van der Waals surface area (Å²) in [6.07, 6.45) is -0.367. The minimum Gasteiger partial charge on any atom is -0.367 e. The summed E-state index contributed by atoms with van der Waals surface area (Å²) >= 11 is 0. The Labute approximate surface area is 104 Å². The van der Waals surface area contributed by atoms with Gasteiger partial charge in [-0.3, -0.25) is 9.69 Å². The summed E-state index contributed by atoms with van der Waals surface area (Å²) < 4.78 is 5.51. The molecule has 5 nitrogen and oxygen atoms in total. The normalized spacial score (nSPS) is 26.4. The summed E-state index contributed by atoms with van der Waals surface area (Å²) in [5, 5.41) is 0. The van der Waals surface area contributed by atoms with Gasteiger partial charge in [0, 0.05) is 26.2 Å². The van der Waals surface area contributed by atoms with Crippen molar-refractivity contribution in [2.45, 2.75) is 33.0 Å². The number of amides is 1. The Morgan fingerprint density at radius 3 is 2.59 bits per heavy atom. The molecule has 2 N–H and O–H groups in total. The molecular weight excluding hydrogens is 218 g/mol. The van der Waals surface area contributed by atoms with E-state index in [4.69, 9.17) is 10.5 Å². The van der Waals surface area contributed by atoms with Crippen LogP contribution in [-0.2, 0) is 9.53 Å². The van der Waals surface area contributed by atoms with Crippen LogP contribution in [-0.4, -0.2) is 67.2 Å². The van der Waals surface area contributed by atoms with E-state index < -0.39 is 6.10 Å². The van der Waals surface area contributed by atoms with Crippen molar-refractivity contribution in [1.82, 2.24) is 9.80 Å². The highest BCUT2D eigenvalue weighted by molar-refractivity contribution is 5.79. The molecule has 1 rings (SSSR count). The molecule has 17 heavy (non-hydrogen) atoms. The third-order valence-corrected chi connectivity index (χ3v) is 3.28. The third-order valence-electron chi connectivity index (χ3n) is 3.28. The van der Waals surface area contributed by atoms with Crippen LogP contribution in [0.5, 0.6) is 0 Å². The molecule has 0 aromatic heterocycles. The van der Waals surface area contributed by atoms with Gasteiger partial charge in [-0.25, -0.2) is 0 Å². The maximum atomic E-state index is 11.2. The standard InChI is InChI=1S/C12H25N3O2/c1-4-14(5-2)6-7-15-8-10(3)17-11(9-15)12(13)16/h10-11H,4-9H2,1-3H3,(H2,13,16)/t10-,11?/m1/s1. The SMILES string of the molecule is CCN(CC)CCN1CC(C(N)=O)O[C@H](C)C1. The van der Waals surface area contributed by atoms with Crippen molar-refractivity contribution in [2.24, 2.45) is 5.73 Å². The Kier molecular flexibility index (Phi) is 5.88. The van der Waals surface area contributed by atoms with E-state index >= 15 is 0 Å². The summed E-state index contributed by atoms with van der Waals surface area (Å²) in [5.41, 5.74) is 5.30. The van der Waals surface area contributed by atoms with Gasteiger partial charge in [0.05, 0.1) is 6.10 Å². The van der Waals surface area contributed by atoms with Crippen LogP contribution in [0.3, 0.4) is 0 Å². The Morgan fingerprint density at radius 1 is 1.41 bits per heavy atom. The third kappa shape index (κ3) is 4.61. The molecule has 0 aromatic rings. The van der Waals surface area contributed by atoms with Gasteiger partial charge in [-0.05, 0) is 20.0 Å². The first-order valence-electron chi connectivity index (χ1n) is 6.46. The molecule has 0 spiro atoms. The zero-order valence-corrected chi connectivity index (χ0v) is 11.2. The Bertz CT molecular complexity index is 244. The lowest BCUT2D eigenvalue weighted by Crippen LogP contribution is -2.52. The van der Waals surface area contributed by atoms with Gasteiger partial charge in [0.1, 0.15) is 6.10 Å². The molecule has 5 heteroatoms. The lowest BCUT2D eigenvalue weighted by Gasteiger charge is -2.36. The first kappa shape index (κ1) is 14.4. The van der Waals surface area contributed by atoms with Crippen LogP contribution in [0.2, 0.25) is 0 Å². The quantitative estimate of drug-likeness (QED) is 0.708. The summed E-state index contributed by atoms with van der Waals surface area (Å²) in [7, 11) is 0. The van der Waals surface area contributed by atoms with E-state index in [-0.39, 0.29) is 12.0 Å². The van der Waals surface area contributed by atoms with E-state index in [0.29, 0.717) is 6.54 Å². The van der Waals surface area contributed by atoms with Crippen LogP contribution < -0.4 is 5.73 Å². The van der Waals surface area contributed by atoms with Crippen LogP contribution in [0.15, 0.2) is 0 Å². The average Bonchev–Trinajstić information content (AvgIpc) is 2.29. The lowest BCUT2D eigenvalue weighted by atomic mass is 10.2. The molecule has 1 aliphatic rings. The van der Waals surface area contributed by atoms with Crippen molar-refractivity contribution in [1.29, 1.82) is 0 Å². The molecule has 0 saturated carbocycles. The highest BCUT2D eigenvalue weighted by Crippen LogP contribution is 2.10. The zero-order chi connectivity index (χ0) is 12.8. The monoisotopic (exact) mass is 243 g/mol. The molecule has 1 unspecified atom stereocenters. The summed E-state index contributed by atoms with van der Waals surface area (Å²) in [4.78, 5) is 15.8. The zero-order valence-electron chi connectivity index (χ0n) is 11.2. The van der Waals surface area contributed by atoms with E-state index in [2.05, 4.69) is 23.6 Å². The number of likely N-dealkylation sites (N-methyl/N-ethyl adjacent to an activating group) is 1. The van der Waals surface area contributed by atoms with E-state index in [1.54, 1.807) is 0 Å². The maximum absolute atomic E-state index is 11.2. The Balaban J connectivity index is 2.39. The second-order valence-electron chi connectivity index (χ2n) is 4.62. The molecule has 1 heterocycles.